The second kappa shape index (κ2) is 7.48. The van der Waals surface area contributed by atoms with Gasteiger partial charge in [0.05, 0.1) is 5.52 Å². The van der Waals surface area contributed by atoms with Crippen LogP contribution in [0.3, 0.4) is 0 Å². The molecule has 1 aromatic carbocycles. The topological polar surface area (TPSA) is 65.4 Å². The molecule has 2 aromatic heterocycles. The molecule has 0 aliphatic carbocycles. The van der Waals surface area contributed by atoms with Crippen molar-refractivity contribution in [1.82, 2.24) is 19.9 Å². The smallest absolute Gasteiger partial charge is 0.135 e. The van der Waals surface area contributed by atoms with Gasteiger partial charge in [-0.25, -0.2) is 9.97 Å². The van der Waals surface area contributed by atoms with E-state index < -0.39 is 0 Å². The molecule has 1 N–H and O–H groups in total. The Hall–Kier alpha value is -2.73. The highest BCUT2D eigenvalue weighted by molar-refractivity contribution is 5.80. The Morgan fingerprint density at radius 2 is 1.85 bits per heavy atom. The van der Waals surface area contributed by atoms with Crippen LogP contribution in [0.15, 0.2) is 43.0 Å². The number of aromatic nitrogens is 3. The largest absolute Gasteiger partial charge is 0.508 e. The fourth-order valence-corrected chi connectivity index (χ4v) is 3.62. The Balaban J connectivity index is 1.42. The Kier molecular flexibility index (Phi) is 4.90. The van der Waals surface area contributed by atoms with Crippen molar-refractivity contribution in [3.8, 4) is 5.75 Å². The lowest BCUT2D eigenvalue weighted by Crippen LogP contribution is -2.46. The Morgan fingerprint density at radius 1 is 1.04 bits per heavy atom. The molecule has 27 heavy (non-hydrogen) atoms. The van der Waals surface area contributed by atoms with Crippen molar-refractivity contribution in [1.29, 1.82) is 0 Å². The van der Waals surface area contributed by atoms with E-state index in [0.29, 0.717) is 5.92 Å². The zero-order valence-corrected chi connectivity index (χ0v) is 15.8. The minimum Gasteiger partial charge on any atom is -0.508 e. The van der Waals surface area contributed by atoms with E-state index in [2.05, 4.69) is 44.7 Å². The molecule has 0 amide bonds. The maximum Gasteiger partial charge on any atom is 0.135 e. The van der Waals surface area contributed by atoms with E-state index >= 15 is 0 Å². The summed E-state index contributed by atoms with van der Waals surface area (Å²) in [5.41, 5.74) is 3.24. The number of benzene rings is 1. The molecule has 0 spiro atoms. The van der Waals surface area contributed by atoms with Crippen LogP contribution in [0.4, 0.5) is 5.82 Å². The third-order valence-electron chi connectivity index (χ3n) is 5.14. The maximum atomic E-state index is 9.57. The second-order valence-corrected chi connectivity index (χ2v) is 7.44. The van der Waals surface area contributed by atoms with Gasteiger partial charge in [-0.15, -0.1) is 0 Å². The molecule has 6 nitrogen and oxygen atoms in total. The standard InChI is InChI=1S/C21H25N5O/c1-15(2)19-12-22-14-24-21(19)26-7-5-25(6-8-26)13-16-9-17-3-4-18(27)10-20(17)23-11-16/h3-4,9-12,14-15,27H,5-8,13H2,1-2H3. The maximum absolute atomic E-state index is 9.57. The normalized spacial score (nSPS) is 15.6. The van der Waals surface area contributed by atoms with E-state index in [1.807, 2.05) is 18.5 Å². The molecule has 6 heteroatoms. The van der Waals surface area contributed by atoms with Crippen molar-refractivity contribution >= 4 is 16.7 Å². The molecule has 1 fully saturated rings. The molecule has 1 aliphatic rings. The molecular weight excluding hydrogens is 338 g/mol. The van der Waals surface area contributed by atoms with E-state index in [9.17, 15) is 5.11 Å². The quantitative estimate of drug-likeness (QED) is 0.768. The number of aromatic hydroxyl groups is 1. The Bertz CT molecular complexity index is 935. The van der Waals surface area contributed by atoms with Crippen LogP contribution in [-0.2, 0) is 6.54 Å². The number of rotatable bonds is 4. The molecule has 0 unspecified atom stereocenters. The van der Waals surface area contributed by atoms with Crippen molar-refractivity contribution < 1.29 is 5.11 Å². The number of anilines is 1. The summed E-state index contributed by atoms with van der Waals surface area (Å²) in [4.78, 5) is 18.0. The minimum atomic E-state index is 0.254. The first kappa shape index (κ1) is 17.7. The lowest BCUT2D eigenvalue weighted by Gasteiger charge is -2.36. The molecule has 0 radical (unpaired) electrons. The summed E-state index contributed by atoms with van der Waals surface area (Å²) in [6.07, 6.45) is 5.50. The fourth-order valence-electron chi connectivity index (χ4n) is 3.62. The average molecular weight is 363 g/mol. The first-order valence-electron chi connectivity index (χ1n) is 9.45. The predicted octanol–water partition coefficient (Wildman–Crippen LogP) is 3.18. The predicted molar refractivity (Wildman–Crippen MR) is 107 cm³/mol. The summed E-state index contributed by atoms with van der Waals surface area (Å²) >= 11 is 0. The first-order valence-corrected chi connectivity index (χ1v) is 9.45. The summed E-state index contributed by atoms with van der Waals surface area (Å²) in [5, 5.41) is 10.6. The number of hydrogen-bond donors (Lipinski definition) is 1. The van der Waals surface area contributed by atoms with Gasteiger partial charge in [-0.3, -0.25) is 9.88 Å². The van der Waals surface area contributed by atoms with Gasteiger partial charge in [0.1, 0.15) is 17.9 Å². The molecule has 1 saturated heterocycles. The summed E-state index contributed by atoms with van der Waals surface area (Å²) in [7, 11) is 0. The number of nitrogens with zero attached hydrogens (tertiary/aromatic N) is 5. The third kappa shape index (κ3) is 3.85. The van der Waals surface area contributed by atoms with Gasteiger partial charge < -0.3 is 10.0 Å². The number of phenols is 1. The number of pyridine rings is 1. The van der Waals surface area contributed by atoms with Gasteiger partial charge in [-0.1, -0.05) is 13.8 Å². The molecule has 4 rings (SSSR count). The lowest BCUT2D eigenvalue weighted by molar-refractivity contribution is 0.249. The second-order valence-electron chi connectivity index (χ2n) is 7.44. The van der Waals surface area contributed by atoms with Gasteiger partial charge in [0.25, 0.3) is 0 Å². The van der Waals surface area contributed by atoms with Crippen LogP contribution in [0.5, 0.6) is 5.75 Å². The molecule has 3 aromatic rings. The highest BCUT2D eigenvalue weighted by atomic mass is 16.3. The highest BCUT2D eigenvalue weighted by Crippen LogP contribution is 2.25. The van der Waals surface area contributed by atoms with Crippen LogP contribution < -0.4 is 4.90 Å². The zero-order chi connectivity index (χ0) is 18.8. The van der Waals surface area contributed by atoms with Gasteiger partial charge in [0.2, 0.25) is 0 Å². The summed E-state index contributed by atoms with van der Waals surface area (Å²) < 4.78 is 0. The van der Waals surface area contributed by atoms with Gasteiger partial charge in [-0.2, -0.15) is 0 Å². The molecule has 0 saturated carbocycles. The summed E-state index contributed by atoms with van der Waals surface area (Å²) in [6, 6.07) is 7.49. The van der Waals surface area contributed by atoms with Crippen molar-refractivity contribution in [2.24, 2.45) is 0 Å². The highest BCUT2D eigenvalue weighted by Gasteiger charge is 2.21. The molecular formula is C21H25N5O. The molecule has 3 heterocycles. The van der Waals surface area contributed by atoms with Gasteiger partial charge >= 0.3 is 0 Å². The molecule has 140 valence electrons. The molecule has 1 aliphatic heterocycles. The van der Waals surface area contributed by atoms with E-state index in [-0.39, 0.29) is 5.75 Å². The number of phenolic OH excluding ortho intramolecular Hbond substituents is 1. The number of fused-ring (bicyclic) bond motifs is 1. The van der Waals surface area contributed by atoms with Gasteiger partial charge in [0, 0.05) is 62.1 Å². The van der Waals surface area contributed by atoms with Gasteiger partial charge in [-0.05, 0) is 29.7 Å². The monoisotopic (exact) mass is 363 g/mol. The van der Waals surface area contributed by atoms with Crippen LogP contribution in [0, 0.1) is 0 Å². The summed E-state index contributed by atoms with van der Waals surface area (Å²) in [6.45, 7) is 9.18. The molecule has 0 atom stereocenters. The minimum absolute atomic E-state index is 0.254. The van der Waals surface area contributed by atoms with E-state index in [0.717, 1.165) is 49.4 Å². The van der Waals surface area contributed by atoms with E-state index in [1.54, 1.807) is 18.5 Å². The van der Waals surface area contributed by atoms with Crippen LogP contribution in [-0.4, -0.2) is 51.1 Å². The van der Waals surface area contributed by atoms with Crippen molar-refractivity contribution in [3.05, 3.63) is 54.1 Å². The molecule has 0 bridgehead atoms. The van der Waals surface area contributed by atoms with E-state index in [1.165, 1.54) is 11.1 Å². The van der Waals surface area contributed by atoms with Gasteiger partial charge in [0.15, 0.2) is 0 Å². The van der Waals surface area contributed by atoms with Crippen molar-refractivity contribution in [2.45, 2.75) is 26.3 Å². The van der Waals surface area contributed by atoms with Crippen LogP contribution in [0.2, 0.25) is 0 Å². The zero-order valence-electron chi connectivity index (χ0n) is 15.8. The van der Waals surface area contributed by atoms with E-state index in [4.69, 9.17) is 0 Å². The Labute approximate surface area is 159 Å². The first-order chi connectivity index (χ1) is 13.1. The average Bonchev–Trinajstić information content (AvgIpc) is 2.69. The lowest BCUT2D eigenvalue weighted by atomic mass is 10.1. The fraction of sp³-hybridized carbons (Fsp3) is 0.381. The Morgan fingerprint density at radius 3 is 2.63 bits per heavy atom. The SMILES string of the molecule is CC(C)c1cncnc1N1CCN(Cc2cnc3cc(O)ccc3c2)CC1. The van der Waals surface area contributed by atoms with Crippen LogP contribution >= 0.6 is 0 Å². The third-order valence-corrected chi connectivity index (χ3v) is 5.14. The number of piperazine rings is 1. The number of hydrogen-bond acceptors (Lipinski definition) is 6. The van der Waals surface area contributed by atoms with Crippen molar-refractivity contribution in [3.63, 3.8) is 0 Å². The summed E-state index contributed by atoms with van der Waals surface area (Å²) in [5.74, 6) is 1.75. The van der Waals surface area contributed by atoms with Crippen molar-refractivity contribution in [2.75, 3.05) is 31.1 Å². The van der Waals surface area contributed by atoms with Crippen LogP contribution in [0.25, 0.3) is 10.9 Å². The van der Waals surface area contributed by atoms with Crippen LogP contribution in [0.1, 0.15) is 30.9 Å².